The smallest absolute Gasteiger partial charge is 0.416 e. The van der Waals surface area contributed by atoms with Crippen LogP contribution in [0, 0.1) is 6.92 Å². The molecule has 1 heterocycles. The lowest BCUT2D eigenvalue weighted by atomic mass is 10.2. The maximum absolute atomic E-state index is 12.9. The number of para-hydroxylation sites is 1. The summed E-state index contributed by atoms with van der Waals surface area (Å²) >= 11 is 0. The number of hydrogen-bond acceptors (Lipinski definition) is 11. The summed E-state index contributed by atoms with van der Waals surface area (Å²) in [7, 11) is 0. The van der Waals surface area contributed by atoms with Crippen molar-refractivity contribution in [3.63, 3.8) is 0 Å². The highest BCUT2D eigenvalue weighted by molar-refractivity contribution is 5.78. The Bertz CT molecular complexity index is 2330. The van der Waals surface area contributed by atoms with Gasteiger partial charge in [0.1, 0.15) is 47.7 Å². The Balaban J connectivity index is 0.000000249. The predicted molar refractivity (Wildman–Crippen MR) is 226 cm³/mol. The van der Waals surface area contributed by atoms with Gasteiger partial charge in [0, 0.05) is 24.6 Å². The minimum Gasteiger partial charge on any atom is -0.493 e. The highest BCUT2D eigenvalue weighted by Gasteiger charge is 2.24. The highest BCUT2D eigenvalue weighted by atomic mass is 16.6. The molecule has 0 spiro atoms. The van der Waals surface area contributed by atoms with Crippen molar-refractivity contribution in [3.05, 3.63) is 156 Å². The summed E-state index contributed by atoms with van der Waals surface area (Å²) < 4.78 is 38.8. The van der Waals surface area contributed by atoms with Crippen LogP contribution >= 0.6 is 0 Å². The maximum Gasteiger partial charge on any atom is 0.416 e. The number of aliphatic carboxylic acids is 1. The summed E-state index contributed by atoms with van der Waals surface area (Å²) in [5.41, 5.74) is 3.40. The van der Waals surface area contributed by atoms with E-state index in [2.05, 4.69) is 4.98 Å². The van der Waals surface area contributed by atoms with Crippen LogP contribution in [0.25, 0.3) is 11.5 Å². The summed E-state index contributed by atoms with van der Waals surface area (Å²) in [6.45, 7) is 4.23. The van der Waals surface area contributed by atoms with Crippen molar-refractivity contribution in [2.75, 3.05) is 26.4 Å². The Morgan fingerprint density at radius 2 is 1.38 bits per heavy atom. The van der Waals surface area contributed by atoms with Gasteiger partial charge in [-0.3, -0.25) is 9.69 Å². The van der Waals surface area contributed by atoms with Crippen molar-refractivity contribution in [2.24, 2.45) is 0 Å². The molecule has 61 heavy (non-hydrogen) atoms. The van der Waals surface area contributed by atoms with Gasteiger partial charge in [-0.2, -0.15) is 0 Å². The normalized spacial score (nSPS) is 11.6. The van der Waals surface area contributed by atoms with Crippen LogP contribution in [0.5, 0.6) is 28.7 Å². The molecule has 1 N–H and O–H groups in total. The summed E-state index contributed by atoms with van der Waals surface area (Å²) in [6, 6.07) is 40.7. The van der Waals surface area contributed by atoms with E-state index in [1.807, 2.05) is 85.8 Å². The number of benzene rings is 5. The third kappa shape index (κ3) is 14.5. The number of amides is 1. The standard InChI is InChI=1S/C31H30N2O7.C17H18O4/c1-21-28(32-30(38-21)23-8-3-2-4-9-23)15-16-37-25-10-5-7-22(17-25)19-33(20-29(34)35)31(36)40-27-12-6-11-26(18-27)39-24-13-14-24;1-2-19-17(18)13-21-16-10-6-7-14(11-16)12-20-15-8-4-3-5-9-15/h2-12,17-18,24H,13-16,19-20H2,1H3,(H,34,35);3-11H,2,12-13H2,1H3. The van der Waals surface area contributed by atoms with E-state index in [1.54, 1.807) is 61.5 Å². The first-order valence-electron chi connectivity index (χ1n) is 19.9. The van der Waals surface area contributed by atoms with Crippen LogP contribution < -0.4 is 23.7 Å². The Labute approximate surface area is 354 Å². The molecule has 6 aromatic rings. The van der Waals surface area contributed by atoms with Gasteiger partial charge >= 0.3 is 18.0 Å². The zero-order valence-corrected chi connectivity index (χ0v) is 34.1. The lowest BCUT2D eigenvalue weighted by Gasteiger charge is -2.20. The molecule has 0 radical (unpaired) electrons. The number of ether oxygens (including phenoxy) is 6. The summed E-state index contributed by atoms with van der Waals surface area (Å²) in [5, 5.41) is 9.40. The SMILES string of the molecule is CCOC(=O)COc1cccc(COc2ccccc2)c1.Cc1oc(-c2ccccc2)nc1CCOc1cccc(CN(CC(=O)O)C(=O)Oc2cccc(OC3CC3)c2)c1. The number of carboxylic acids is 1. The third-order valence-electron chi connectivity index (χ3n) is 8.92. The first kappa shape index (κ1) is 43.3. The van der Waals surface area contributed by atoms with Gasteiger partial charge in [-0.05, 0) is 98.5 Å². The fraction of sp³-hybridized carbons (Fsp3) is 0.250. The zero-order chi connectivity index (χ0) is 42.8. The number of carbonyl (C=O) groups is 3. The molecule has 0 bridgehead atoms. The van der Waals surface area contributed by atoms with E-state index in [-0.39, 0.29) is 31.0 Å². The topological polar surface area (TPSA) is 156 Å². The molecule has 0 aliphatic heterocycles. The van der Waals surface area contributed by atoms with E-state index >= 15 is 0 Å². The second kappa shape index (κ2) is 22.2. The molecule has 1 aliphatic carbocycles. The van der Waals surface area contributed by atoms with Crippen LogP contribution in [0.3, 0.4) is 0 Å². The van der Waals surface area contributed by atoms with Gasteiger partial charge in [0.25, 0.3) is 0 Å². The largest absolute Gasteiger partial charge is 0.493 e. The van der Waals surface area contributed by atoms with E-state index in [1.165, 1.54) is 0 Å². The van der Waals surface area contributed by atoms with E-state index < -0.39 is 18.6 Å². The average Bonchev–Trinajstić information content (AvgIpc) is 4.01. The van der Waals surface area contributed by atoms with Crippen LogP contribution in [0.4, 0.5) is 4.79 Å². The molecule has 1 aliphatic rings. The second-order valence-corrected chi connectivity index (χ2v) is 13.9. The van der Waals surface area contributed by atoms with Crippen LogP contribution in [0.15, 0.2) is 138 Å². The number of oxazole rings is 1. The molecule has 1 fully saturated rings. The zero-order valence-electron chi connectivity index (χ0n) is 34.1. The van der Waals surface area contributed by atoms with Crippen molar-refractivity contribution in [3.8, 4) is 40.2 Å². The molecule has 13 heteroatoms. The van der Waals surface area contributed by atoms with E-state index in [4.69, 9.17) is 32.8 Å². The van der Waals surface area contributed by atoms with Crippen LogP contribution in [0.2, 0.25) is 0 Å². The number of carbonyl (C=O) groups excluding carboxylic acids is 2. The van der Waals surface area contributed by atoms with Crippen LogP contribution in [-0.2, 0) is 33.9 Å². The lowest BCUT2D eigenvalue weighted by molar-refractivity contribution is -0.145. The molecule has 0 unspecified atom stereocenters. The average molecular weight is 829 g/mol. The molecule has 0 saturated heterocycles. The Morgan fingerprint density at radius 3 is 2.10 bits per heavy atom. The molecular formula is C48H48N2O11. The molecule has 1 aromatic heterocycles. The van der Waals surface area contributed by atoms with E-state index in [0.717, 1.165) is 46.1 Å². The minimum atomic E-state index is -1.15. The molecule has 7 rings (SSSR count). The number of nitrogens with zero attached hydrogens (tertiary/aromatic N) is 2. The maximum atomic E-state index is 12.9. The molecule has 1 amide bonds. The molecule has 0 atom stereocenters. The first-order valence-corrected chi connectivity index (χ1v) is 19.9. The van der Waals surface area contributed by atoms with Crippen molar-refractivity contribution in [1.29, 1.82) is 0 Å². The third-order valence-corrected chi connectivity index (χ3v) is 8.92. The summed E-state index contributed by atoms with van der Waals surface area (Å²) in [6.07, 6.45) is 2.00. The lowest BCUT2D eigenvalue weighted by Crippen LogP contribution is -2.37. The molecular weight excluding hydrogens is 781 g/mol. The Kier molecular flexibility index (Phi) is 15.8. The Hall–Kier alpha value is -7.28. The first-order chi connectivity index (χ1) is 29.7. The fourth-order valence-corrected chi connectivity index (χ4v) is 5.84. The monoisotopic (exact) mass is 828 g/mol. The fourth-order valence-electron chi connectivity index (χ4n) is 5.84. The molecule has 316 valence electrons. The molecule has 13 nitrogen and oxygen atoms in total. The van der Waals surface area contributed by atoms with Crippen LogP contribution in [0.1, 0.15) is 42.3 Å². The molecule has 1 saturated carbocycles. The van der Waals surface area contributed by atoms with Crippen LogP contribution in [-0.4, -0.2) is 65.5 Å². The van der Waals surface area contributed by atoms with Gasteiger partial charge in [0.05, 0.1) is 25.0 Å². The van der Waals surface area contributed by atoms with Gasteiger partial charge in [-0.25, -0.2) is 14.6 Å². The summed E-state index contributed by atoms with van der Waals surface area (Å²) in [4.78, 5) is 41.4. The van der Waals surface area contributed by atoms with E-state index in [9.17, 15) is 19.5 Å². The molecule has 5 aromatic carbocycles. The van der Waals surface area contributed by atoms with Gasteiger partial charge in [-0.15, -0.1) is 0 Å². The van der Waals surface area contributed by atoms with Gasteiger partial charge in [0.15, 0.2) is 6.61 Å². The van der Waals surface area contributed by atoms with Gasteiger partial charge in [-0.1, -0.05) is 66.7 Å². The number of carboxylic acid groups (broad SMARTS) is 1. The highest BCUT2D eigenvalue weighted by Crippen LogP contribution is 2.29. The van der Waals surface area contributed by atoms with Crippen molar-refractivity contribution < 1.29 is 52.3 Å². The number of esters is 1. The number of aryl methyl sites for hydroxylation is 1. The predicted octanol–water partition coefficient (Wildman–Crippen LogP) is 9.11. The van der Waals surface area contributed by atoms with Crippen molar-refractivity contribution >= 4 is 18.0 Å². The van der Waals surface area contributed by atoms with Gasteiger partial charge in [0.2, 0.25) is 5.89 Å². The van der Waals surface area contributed by atoms with Crippen molar-refractivity contribution in [1.82, 2.24) is 9.88 Å². The van der Waals surface area contributed by atoms with E-state index in [0.29, 0.717) is 54.9 Å². The minimum absolute atomic E-state index is 0.0312. The summed E-state index contributed by atoms with van der Waals surface area (Å²) in [5.74, 6) is 2.72. The Morgan fingerprint density at radius 1 is 0.738 bits per heavy atom. The number of rotatable bonds is 19. The van der Waals surface area contributed by atoms with Crippen molar-refractivity contribution in [2.45, 2.75) is 52.4 Å². The number of aromatic nitrogens is 1. The number of hydrogen-bond donors (Lipinski definition) is 1. The quantitative estimate of drug-likeness (QED) is 0.0774. The second-order valence-electron chi connectivity index (χ2n) is 13.9. The van der Waals surface area contributed by atoms with Gasteiger partial charge < -0.3 is 37.9 Å².